The highest BCUT2D eigenvalue weighted by atomic mass is 16.4. The van der Waals surface area contributed by atoms with Crippen molar-refractivity contribution in [3.05, 3.63) is 0 Å². The topological polar surface area (TPSA) is 92.4 Å². The van der Waals surface area contributed by atoms with Crippen LogP contribution in [0.1, 0.15) is 59.3 Å². The van der Waals surface area contributed by atoms with Gasteiger partial charge in [0.15, 0.2) is 0 Å². The fraction of sp³-hybridized carbons (Fsp3) is 0.867. The first-order valence-electron chi connectivity index (χ1n) is 7.40. The van der Waals surface area contributed by atoms with E-state index in [1.807, 2.05) is 20.8 Å². The minimum Gasteiger partial charge on any atom is -0.481 e. The number of carbonyl (C=O) groups excluding carboxylic acids is 1. The molecular weight excluding hydrogens is 256 g/mol. The average molecular weight is 284 g/mol. The van der Waals surface area contributed by atoms with Gasteiger partial charge < -0.3 is 16.2 Å². The summed E-state index contributed by atoms with van der Waals surface area (Å²) in [5.41, 5.74) is 5.69. The molecule has 1 aliphatic carbocycles. The Morgan fingerprint density at radius 3 is 2.30 bits per heavy atom. The molecule has 0 aromatic carbocycles. The number of carboxylic acid groups (broad SMARTS) is 1. The second-order valence-electron chi connectivity index (χ2n) is 7.35. The van der Waals surface area contributed by atoms with Crippen LogP contribution in [0.25, 0.3) is 0 Å². The van der Waals surface area contributed by atoms with Crippen LogP contribution in [0, 0.1) is 11.3 Å². The van der Waals surface area contributed by atoms with Crippen molar-refractivity contribution in [3.8, 4) is 0 Å². The Morgan fingerprint density at radius 2 is 1.85 bits per heavy atom. The van der Waals surface area contributed by atoms with Crippen LogP contribution in [0.4, 0.5) is 0 Å². The van der Waals surface area contributed by atoms with Crippen molar-refractivity contribution in [2.75, 3.05) is 6.54 Å². The predicted octanol–water partition coefficient (Wildman–Crippen LogP) is 1.90. The summed E-state index contributed by atoms with van der Waals surface area (Å²) in [6.45, 7) is 6.18. The lowest BCUT2D eigenvalue weighted by molar-refractivity contribution is -0.142. The number of hydrogen-bond donors (Lipinski definition) is 3. The van der Waals surface area contributed by atoms with Crippen molar-refractivity contribution >= 4 is 11.9 Å². The summed E-state index contributed by atoms with van der Waals surface area (Å²) < 4.78 is 0. The molecule has 0 bridgehead atoms. The summed E-state index contributed by atoms with van der Waals surface area (Å²) in [5.74, 6) is -1.53. The molecule has 0 aromatic rings. The van der Waals surface area contributed by atoms with Crippen molar-refractivity contribution in [2.24, 2.45) is 17.1 Å². The van der Waals surface area contributed by atoms with Gasteiger partial charge in [-0.05, 0) is 24.7 Å². The minimum absolute atomic E-state index is 0.0751. The van der Waals surface area contributed by atoms with Crippen molar-refractivity contribution in [3.63, 3.8) is 0 Å². The van der Waals surface area contributed by atoms with Crippen LogP contribution in [0.3, 0.4) is 0 Å². The van der Waals surface area contributed by atoms with Gasteiger partial charge in [0.2, 0.25) is 5.91 Å². The number of aliphatic carboxylic acids is 1. The molecule has 0 saturated heterocycles. The first-order valence-corrected chi connectivity index (χ1v) is 7.40. The van der Waals surface area contributed by atoms with E-state index < -0.39 is 11.9 Å². The number of carbonyl (C=O) groups is 2. The summed E-state index contributed by atoms with van der Waals surface area (Å²) in [5, 5.41) is 11.9. The summed E-state index contributed by atoms with van der Waals surface area (Å²) in [4.78, 5) is 23.1. The maximum Gasteiger partial charge on any atom is 0.308 e. The van der Waals surface area contributed by atoms with Gasteiger partial charge in [-0.15, -0.1) is 0 Å². The van der Waals surface area contributed by atoms with Gasteiger partial charge in [-0.2, -0.15) is 0 Å². The quantitative estimate of drug-likeness (QED) is 0.694. The third-order valence-corrected chi connectivity index (χ3v) is 3.87. The molecule has 0 spiro atoms. The Bertz CT molecular complexity index is 355. The van der Waals surface area contributed by atoms with E-state index in [-0.39, 0.29) is 23.4 Å². The van der Waals surface area contributed by atoms with Crippen LogP contribution >= 0.6 is 0 Å². The maximum absolute atomic E-state index is 11.9. The molecule has 0 aromatic heterocycles. The Kier molecular flexibility index (Phi) is 5.57. The number of carboxylic acids is 1. The van der Waals surface area contributed by atoms with E-state index >= 15 is 0 Å². The molecular formula is C15H28N2O3. The van der Waals surface area contributed by atoms with Gasteiger partial charge in [0.1, 0.15) is 0 Å². The largest absolute Gasteiger partial charge is 0.481 e. The van der Waals surface area contributed by atoms with E-state index in [0.29, 0.717) is 12.8 Å². The standard InChI is InChI=1S/C15H28N2O3/c1-14(2,3)8-11(13(19)20)10-17-12(18)9-15(16)6-4-5-7-15/h11H,4-10,16H2,1-3H3,(H,17,18)(H,19,20). The number of hydrogen-bond acceptors (Lipinski definition) is 3. The predicted molar refractivity (Wildman–Crippen MR) is 78.2 cm³/mol. The maximum atomic E-state index is 11.9. The van der Waals surface area contributed by atoms with Crippen LogP contribution in [-0.2, 0) is 9.59 Å². The Labute approximate surface area is 121 Å². The summed E-state index contributed by atoms with van der Waals surface area (Å²) in [7, 11) is 0. The zero-order valence-corrected chi connectivity index (χ0v) is 12.9. The molecule has 1 unspecified atom stereocenters. The van der Waals surface area contributed by atoms with Crippen LogP contribution in [0.15, 0.2) is 0 Å². The highest BCUT2D eigenvalue weighted by molar-refractivity contribution is 5.78. The van der Waals surface area contributed by atoms with Gasteiger partial charge in [-0.1, -0.05) is 33.6 Å². The third kappa shape index (κ3) is 5.90. The zero-order valence-electron chi connectivity index (χ0n) is 12.9. The van der Waals surface area contributed by atoms with Crippen LogP contribution in [0.5, 0.6) is 0 Å². The first-order chi connectivity index (χ1) is 9.11. The lowest BCUT2D eigenvalue weighted by Gasteiger charge is -2.25. The second kappa shape index (κ2) is 6.57. The van der Waals surface area contributed by atoms with Gasteiger partial charge in [0.25, 0.3) is 0 Å². The molecule has 116 valence electrons. The number of rotatable bonds is 6. The fourth-order valence-electron chi connectivity index (χ4n) is 2.86. The lowest BCUT2D eigenvalue weighted by atomic mass is 9.84. The van der Waals surface area contributed by atoms with E-state index in [2.05, 4.69) is 5.32 Å². The first kappa shape index (κ1) is 17.0. The number of amides is 1. The summed E-state index contributed by atoms with van der Waals surface area (Å²) in [6, 6.07) is 0. The average Bonchev–Trinajstić information content (AvgIpc) is 2.69. The molecule has 0 heterocycles. The molecule has 1 amide bonds. The minimum atomic E-state index is -0.858. The normalized spacial score (nSPS) is 19.6. The van der Waals surface area contributed by atoms with Crippen molar-refractivity contribution in [1.29, 1.82) is 0 Å². The Morgan fingerprint density at radius 1 is 1.30 bits per heavy atom. The number of nitrogens with one attached hydrogen (secondary N) is 1. The zero-order chi connectivity index (χ0) is 15.4. The van der Waals surface area contributed by atoms with E-state index in [1.54, 1.807) is 0 Å². The van der Waals surface area contributed by atoms with E-state index in [1.165, 1.54) is 0 Å². The molecule has 0 radical (unpaired) electrons. The van der Waals surface area contributed by atoms with Gasteiger partial charge in [0, 0.05) is 18.5 Å². The molecule has 1 aliphatic rings. The number of nitrogens with two attached hydrogens (primary N) is 1. The van der Waals surface area contributed by atoms with E-state index in [9.17, 15) is 14.7 Å². The third-order valence-electron chi connectivity index (χ3n) is 3.87. The van der Waals surface area contributed by atoms with E-state index in [0.717, 1.165) is 25.7 Å². The van der Waals surface area contributed by atoms with Crippen molar-refractivity contribution < 1.29 is 14.7 Å². The Hall–Kier alpha value is -1.10. The molecule has 1 atom stereocenters. The Balaban J connectivity index is 2.42. The van der Waals surface area contributed by atoms with Crippen molar-refractivity contribution in [1.82, 2.24) is 5.32 Å². The van der Waals surface area contributed by atoms with Crippen LogP contribution in [-0.4, -0.2) is 29.1 Å². The SMILES string of the molecule is CC(C)(C)CC(CNC(=O)CC1(N)CCCC1)C(=O)O. The molecule has 1 saturated carbocycles. The molecule has 5 heteroatoms. The monoisotopic (exact) mass is 284 g/mol. The van der Waals surface area contributed by atoms with Gasteiger partial charge in [-0.25, -0.2) is 0 Å². The highest BCUT2D eigenvalue weighted by Crippen LogP contribution is 2.30. The second-order valence-corrected chi connectivity index (χ2v) is 7.35. The smallest absolute Gasteiger partial charge is 0.308 e. The van der Waals surface area contributed by atoms with E-state index in [4.69, 9.17) is 5.73 Å². The highest BCUT2D eigenvalue weighted by Gasteiger charge is 2.32. The van der Waals surface area contributed by atoms with Crippen molar-refractivity contribution in [2.45, 2.75) is 64.8 Å². The van der Waals surface area contributed by atoms with Gasteiger partial charge >= 0.3 is 5.97 Å². The molecule has 20 heavy (non-hydrogen) atoms. The molecule has 1 fully saturated rings. The van der Waals surface area contributed by atoms with Gasteiger partial charge in [0.05, 0.1) is 5.92 Å². The van der Waals surface area contributed by atoms with Crippen LogP contribution < -0.4 is 11.1 Å². The lowest BCUT2D eigenvalue weighted by Crippen LogP contribution is -2.43. The molecule has 4 N–H and O–H groups in total. The summed E-state index contributed by atoms with van der Waals surface area (Å²) in [6.07, 6.45) is 4.75. The summed E-state index contributed by atoms with van der Waals surface area (Å²) >= 11 is 0. The van der Waals surface area contributed by atoms with Gasteiger partial charge in [-0.3, -0.25) is 9.59 Å². The molecule has 1 rings (SSSR count). The fourth-order valence-corrected chi connectivity index (χ4v) is 2.86. The van der Waals surface area contributed by atoms with Crippen LogP contribution in [0.2, 0.25) is 0 Å². The molecule has 0 aliphatic heterocycles. The molecule has 5 nitrogen and oxygen atoms in total.